The molecule has 0 saturated heterocycles. The molecular formula is C9H7Cl2IO3. The van der Waals surface area contributed by atoms with Crippen LogP contribution in [0.15, 0.2) is 12.1 Å². The van der Waals surface area contributed by atoms with E-state index in [-0.39, 0.29) is 0 Å². The first-order valence-corrected chi connectivity index (χ1v) is 5.79. The van der Waals surface area contributed by atoms with E-state index in [1.54, 1.807) is 6.07 Å². The summed E-state index contributed by atoms with van der Waals surface area (Å²) in [6, 6.07) is 3.16. The largest absolute Gasteiger partial charge is 0.479 e. The number of benzene rings is 1. The summed E-state index contributed by atoms with van der Waals surface area (Å²) in [7, 11) is 0. The maximum Gasteiger partial charge on any atom is 0.344 e. The highest BCUT2D eigenvalue weighted by atomic mass is 127. The standard InChI is InChI=1S/C9H7Cl2IO3/c1-4(9(13)14)15-8-6(11)2-5(10)3-7(8)12/h2-4H,1H3,(H,13,14). The molecule has 0 spiro atoms. The van der Waals surface area contributed by atoms with Crippen molar-refractivity contribution in [1.82, 2.24) is 0 Å². The van der Waals surface area contributed by atoms with Crippen molar-refractivity contribution in [2.45, 2.75) is 13.0 Å². The second kappa shape index (κ2) is 5.23. The van der Waals surface area contributed by atoms with Gasteiger partial charge in [0.15, 0.2) is 11.9 Å². The van der Waals surface area contributed by atoms with Crippen LogP contribution in [0.3, 0.4) is 0 Å². The van der Waals surface area contributed by atoms with Gasteiger partial charge < -0.3 is 9.84 Å². The van der Waals surface area contributed by atoms with E-state index < -0.39 is 12.1 Å². The molecule has 0 aliphatic heterocycles. The lowest BCUT2D eigenvalue weighted by Gasteiger charge is -2.13. The second-order valence-corrected chi connectivity index (χ2v) is 4.80. The Labute approximate surface area is 110 Å². The summed E-state index contributed by atoms with van der Waals surface area (Å²) in [5, 5.41) is 9.47. The van der Waals surface area contributed by atoms with Crippen LogP contribution in [0.25, 0.3) is 0 Å². The molecular weight excluding hydrogens is 354 g/mol. The van der Waals surface area contributed by atoms with Crippen molar-refractivity contribution in [3.63, 3.8) is 0 Å². The summed E-state index contributed by atoms with van der Waals surface area (Å²) in [5.41, 5.74) is 0. The Bertz CT molecular complexity index is 372. The first-order valence-electron chi connectivity index (χ1n) is 3.96. The Morgan fingerprint density at radius 1 is 1.53 bits per heavy atom. The molecule has 0 fully saturated rings. The Morgan fingerprint density at radius 2 is 2.13 bits per heavy atom. The van der Waals surface area contributed by atoms with Crippen LogP contribution < -0.4 is 4.74 Å². The van der Waals surface area contributed by atoms with Crippen LogP contribution in [-0.2, 0) is 4.79 Å². The first-order chi connectivity index (χ1) is 6.91. The molecule has 15 heavy (non-hydrogen) atoms. The molecule has 82 valence electrons. The van der Waals surface area contributed by atoms with Gasteiger partial charge in [0.2, 0.25) is 0 Å². The number of carboxylic acids is 1. The maximum absolute atomic E-state index is 10.6. The van der Waals surface area contributed by atoms with Gasteiger partial charge in [0, 0.05) is 5.02 Å². The van der Waals surface area contributed by atoms with Crippen molar-refractivity contribution in [2.75, 3.05) is 0 Å². The van der Waals surface area contributed by atoms with Crippen molar-refractivity contribution >= 4 is 51.8 Å². The zero-order valence-electron chi connectivity index (χ0n) is 7.63. The van der Waals surface area contributed by atoms with Crippen LogP contribution in [0.2, 0.25) is 10.0 Å². The van der Waals surface area contributed by atoms with E-state index >= 15 is 0 Å². The van der Waals surface area contributed by atoms with Gasteiger partial charge in [-0.15, -0.1) is 0 Å². The van der Waals surface area contributed by atoms with E-state index in [0.29, 0.717) is 19.4 Å². The first kappa shape index (κ1) is 12.9. The molecule has 1 rings (SSSR count). The third kappa shape index (κ3) is 3.39. The molecule has 0 aromatic heterocycles. The van der Waals surface area contributed by atoms with Crippen LogP contribution in [0, 0.1) is 3.57 Å². The maximum atomic E-state index is 10.6. The van der Waals surface area contributed by atoms with Gasteiger partial charge in [0.05, 0.1) is 8.59 Å². The molecule has 3 nitrogen and oxygen atoms in total. The molecule has 0 radical (unpaired) electrons. The number of carboxylic acid groups (broad SMARTS) is 1. The summed E-state index contributed by atoms with van der Waals surface area (Å²) >= 11 is 13.6. The van der Waals surface area contributed by atoms with Gasteiger partial charge in [-0.3, -0.25) is 0 Å². The average Bonchev–Trinajstić information content (AvgIpc) is 2.10. The molecule has 1 atom stereocenters. The lowest BCUT2D eigenvalue weighted by Crippen LogP contribution is -2.23. The van der Waals surface area contributed by atoms with Gasteiger partial charge in [-0.25, -0.2) is 4.79 Å². The van der Waals surface area contributed by atoms with Crippen molar-refractivity contribution in [3.8, 4) is 5.75 Å². The average molecular weight is 361 g/mol. The quantitative estimate of drug-likeness (QED) is 0.840. The SMILES string of the molecule is CC(Oc1c(Cl)cc(Cl)cc1I)C(=O)O. The van der Waals surface area contributed by atoms with Gasteiger partial charge in [-0.05, 0) is 41.6 Å². The summed E-state index contributed by atoms with van der Waals surface area (Å²) in [6.07, 6.45) is -0.947. The number of halogens is 3. The van der Waals surface area contributed by atoms with E-state index in [0.717, 1.165) is 0 Å². The predicted molar refractivity (Wildman–Crippen MR) is 66.9 cm³/mol. The zero-order chi connectivity index (χ0) is 11.6. The Balaban J connectivity index is 3.00. The number of hydrogen-bond donors (Lipinski definition) is 1. The van der Waals surface area contributed by atoms with E-state index in [1.807, 2.05) is 22.6 Å². The molecule has 6 heteroatoms. The Kier molecular flexibility index (Phi) is 4.48. The molecule has 1 N–H and O–H groups in total. The minimum absolute atomic E-state index is 0.306. The fraction of sp³-hybridized carbons (Fsp3) is 0.222. The van der Waals surface area contributed by atoms with E-state index in [2.05, 4.69) is 0 Å². The minimum atomic E-state index is -1.04. The number of rotatable bonds is 3. The molecule has 1 aromatic rings. The molecule has 0 aliphatic carbocycles. The number of aliphatic carboxylic acids is 1. The van der Waals surface area contributed by atoms with Crippen LogP contribution in [0.1, 0.15) is 6.92 Å². The molecule has 0 aliphatic rings. The van der Waals surface area contributed by atoms with Crippen LogP contribution in [-0.4, -0.2) is 17.2 Å². The van der Waals surface area contributed by atoms with Gasteiger partial charge in [-0.1, -0.05) is 23.2 Å². The highest BCUT2D eigenvalue weighted by Crippen LogP contribution is 2.33. The van der Waals surface area contributed by atoms with Crippen molar-refractivity contribution < 1.29 is 14.6 Å². The smallest absolute Gasteiger partial charge is 0.344 e. The zero-order valence-corrected chi connectivity index (χ0v) is 11.3. The fourth-order valence-corrected chi connectivity index (χ4v) is 2.50. The summed E-state index contributed by atoms with van der Waals surface area (Å²) < 4.78 is 5.87. The monoisotopic (exact) mass is 360 g/mol. The number of hydrogen-bond acceptors (Lipinski definition) is 2. The van der Waals surface area contributed by atoms with Gasteiger partial charge in [-0.2, -0.15) is 0 Å². The Hall–Kier alpha value is -0.200. The van der Waals surface area contributed by atoms with Crippen molar-refractivity contribution in [3.05, 3.63) is 25.7 Å². The van der Waals surface area contributed by atoms with E-state index in [9.17, 15) is 4.79 Å². The highest BCUT2D eigenvalue weighted by Gasteiger charge is 2.17. The molecule has 1 aromatic carbocycles. The summed E-state index contributed by atoms with van der Waals surface area (Å²) in [5.74, 6) is -0.701. The molecule has 1 unspecified atom stereocenters. The number of carbonyl (C=O) groups is 1. The van der Waals surface area contributed by atoms with Crippen LogP contribution >= 0.6 is 45.8 Å². The Morgan fingerprint density at radius 3 is 2.60 bits per heavy atom. The summed E-state index contributed by atoms with van der Waals surface area (Å²) in [4.78, 5) is 10.6. The van der Waals surface area contributed by atoms with Crippen LogP contribution in [0.5, 0.6) is 5.75 Å². The number of ether oxygens (including phenoxy) is 1. The molecule has 0 amide bonds. The normalized spacial score (nSPS) is 12.3. The predicted octanol–water partition coefficient (Wildman–Crippen LogP) is 3.45. The van der Waals surface area contributed by atoms with E-state index in [1.165, 1.54) is 13.0 Å². The third-order valence-corrected chi connectivity index (χ3v) is 2.91. The fourth-order valence-electron chi connectivity index (χ4n) is 0.869. The molecule has 0 saturated carbocycles. The molecule has 0 bridgehead atoms. The van der Waals surface area contributed by atoms with E-state index in [4.69, 9.17) is 33.0 Å². The van der Waals surface area contributed by atoms with Gasteiger partial charge in [0.1, 0.15) is 0 Å². The lowest BCUT2D eigenvalue weighted by atomic mass is 10.3. The van der Waals surface area contributed by atoms with Crippen molar-refractivity contribution in [1.29, 1.82) is 0 Å². The van der Waals surface area contributed by atoms with Crippen molar-refractivity contribution in [2.24, 2.45) is 0 Å². The minimum Gasteiger partial charge on any atom is -0.479 e. The van der Waals surface area contributed by atoms with Crippen LogP contribution in [0.4, 0.5) is 0 Å². The topological polar surface area (TPSA) is 46.5 Å². The van der Waals surface area contributed by atoms with Gasteiger partial charge in [0.25, 0.3) is 0 Å². The van der Waals surface area contributed by atoms with Gasteiger partial charge >= 0.3 is 5.97 Å². The molecule has 0 heterocycles. The summed E-state index contributed by atoms with van der Waals surface area (Å²) in [6.45, 7) is 1.43. The third-order valence-electron chi connectivity index (χ3n) is 1.61. The second-order valence-electron chi connectivity index (χ2n) is 2.80. The highest BCUT2D eigenvalue weighted by molar-refractivity contribution is 14.1. The lowest BCUT2D eigenvalue weighted by molar-refractivity contribution is -0.144.